The van der Waals surface area contributed by atoms with Crippen LogP contribution in [0.3, 0.4) is 0 Å². The summed E-state index contributed by atoms with van der Waals surface area (Å²) < 4.78 is 11.8. The Balaban J connectivity index is 1.83. The maximum absolute atomic E-state index is 12.5. The van der Waals surface area contributed by atoms with Crippen LogP contribution in [0.15, 0.2) is 42.5 Å². The van der Waals surface area contributed by atoms with E-state index in [1.165, 1.54) is 4.90 Å². The van der Waals surface area contributed by atoms with Crippen LogP contribution in [0.25, 0.3) is 0 Å². The Morgan fingerprint density at radius 2 is 2.21 bits per heavy atom. The van der Waals surface area contributed by atoms with Gasteiger partial charge in [0.2, 0.25) is 0 Å². The summed E-state index contributed by atoms with van der Waals surface area (Å²) in [5.41, 5.74) is 2.74. The van der Waals surface area contributed by atoms with Crippen LogP contribution >= 0.6 is 0 Å². The summed E-state index contributed by atoms with van der Waals surface area (Å²) in [6, 6.07) is 6.00. The molecule has 1 amide bonds. The Kier molecular flexibility index (Phi) is 6.27. The smallest absolute Gasteiger partial charge is 0.410 e. The fourth-order valence-corrected chi connectivity index (χ4v) is 4.43. The summed E-state index contributed by atoms with van der Waals surface area (Å²) in [5, 5.41) is 0. The highest BCUT2D eigenvalue weighted by Gasteiger charge is 2.49. The fraction of sp³-hybridized carbons (Fsp3) is 0.500. The predicted molar refractivity (Wildman–Crippen MR) is 113 cm³/mol. The highest BCUT2D eigenvalue weighted by atomic mass is 16.6. The molecule has 1 aliphatic heterocycles. The zero-order valence-electron chi connectivity index (χ0n) is 17.9. The normalized spacial score (nSPS) is 24.5. The molecule has 2 aliphatic rings. The molecule has 3 rings (SSSR count). The Morgan fingerprint density at radius 3 is 2.90 bits per heavy atom. The lowest BCUT2D eigenvalue weighted by Crippen LogP contribution is -2.44. The SMILES string of the molecule is C=CC[C@H]1C[C@]2([C@@H](C)Cc3ccc(C)c(OC(=O)N(C)C)c3)OCCC2=CC1=O. The van der Waals surface area contributed by atoms with Crippen LogP contribution in [0.4, 0.5) is 4.79 Å². The van der Waals surface area contributed by atoms with Crippen molar-refractivity contribution in [1.82, 2.24) is 4.90 Å². The third kappa shape index (κ3) is 4.30. The van der Waals surface area contributed by atoms with Crippen molar-refractivity contribution in [1.29, 1.82) is 0 Å². The van der Waals surface area contributed by atoms with Gasteiger partial charge < -0.3 is 14.4 Å². The van der Waals surface area contributed by atoms with Crippen molar-refractivity contribution in [2.75, 3.05) is 20.7 Å². The highest BCUT2D eigenvalue weighted by Crippen LogP contribution is 2.47. The molecule has 3 atom stereocenters. The van der Waals surface area contributed by atoms with Gasteiger partial charge >= 0.3 is 6.09 Å². The number of carbonyl (C=O) groups is 2. The zero-order chi connectivity index (χ0) is 21.2. The van der Waals surface area contributed by atoms with Gasteiger partial charge in [-0.15, -0.1) is 6.58 Å². The van der Waals surface area contributed by atoms with Crippen molar-refractivity contribution in [2.24, 2.45) is 11.8 Å². The topological polar surface area (TPSA) is 55.8 Å². The second kappa shape index (κ2) is 8.54. The first-order valence-corrected chi connectivity index (χ1v) is 10.2. The molecule has 0 bridgehead atoms. The molecule has 1 heterocycles. The number of fused-ring (bicyclic) bond motifs is 1. The Hall–Kier alpha value is -2.40. The molecule has 0 N–H and O–H groups in total. The summed E-state index contributed by atoms with van der Waals surface area (Å²) in [5.74, 6) is 0.905. The first-order chi connectivity index (χ1) is 13.8. The number of hydrogen-bond acceptors (Lipinski definition) is 4. The number of carbonyl (C=O) groups excluding carboxylic acids is 2. The number of amides is 1. The number of hydrogen-bond donors (Lipinski definition) is 0. The molecule has 1 aliphatic carbocycles. The van der Waals surface area contributed by atoms with Gasteiger partial charge in [-0.1, -0.05) is 25.1 Å². The van der Waals surface area contributed by atoms with E-state index in [9.17, 15) is 9.59 Å². The lowest BCUT2D eigenvalue weighted by molar-refractivity contribution is -0.123. The zero-order valence-corrected chi connectivity index (χ0v) is 17.9. The number of allylic oxidation sites excluding steroid dienone is 2. The number of aryl methyl sites for hydroxylation is 1. The molecule has 1 saturated heterocycles. The van der Waals surface area contributed by atoms with E-state index in [0.29, 0.717) is 25.2 Å². The van der Waals surface area contributed by atoms with Crippen LogP contribution in [0, 0.1) is 18.8 Å². The number of nitrogens with zero attached hydrogens (tertiary/aromatic N) is 1. The molecule has 5 nitrogen and oxygen atoms in total. The van der Waals surface area contributed by atoms with Gasteiger partial charge in [0.25, 0.3) is 0 Å². The van der Waals surface area contributed by atoms with Crippen molar-refractivity contribution < 1.29 is 19.1 Å². The summed E-state index contributed by atoms with van der Waals surface area (Å²) in [4.78, 5) is 25.8. The number of ether oxygens (including phenoxy) is 2. The predicted octanol–water partition coefficient (Wildman–Crippen LogP) is 4.48. The Bertz CT molecular complexity index is 841. The van der Waals surface area contributed by atoms with Crippen LogP contribution in [0.5, 0.6) is 5.75 Å². The van der Waals surface area contributed by atoms with Gasteiger partial charge in [-0.25, -0.2) is 4.79 Å². The number of rotatable bonds is 6. The molecule has 29 heavy (non-hydrogen) atoms. The second-order valence-electron chi connectivity index (χ2n) is 8.45. The van der Waals surface area contributed by atoms with Gasteiger partial charge in [-0.2, -0.15) is 0 Å². The lowest BCUT2D eigenvalue weighted by Gasteiger charge is -2.41. The largest absolute Gasteiger partial charge is 0.414 e. The number of benzene rings is 1. The molecule has 0 unspecified atom stereocenters. The average Bonchev–Trinajstić information content (AvgIpc) is 3.08. The lowest BCUT2D eigenvalue weighted by atomic mass is 9.68. The monoisotopic (exact) mass is 397 g/mol. The van der Waals surface area contributed by atoms with Crippen LogP contribution in [-0.2, 0) is 16.0 Å². The quantitative estimate of drug-likeness (QED) is 0.664. The van der Waals surface area contributed by atoms with E-state index in [0.717, 1.165) is 29.5 Å². The molecule has 0 radical (unpaired) electrons. The fourth-order valence-electron chi connectivity index (χ4n) is 4.43. The summed E-state index contributed by atoms with van der Waals surface area (Å²) in [6.45, 7) is 8.58. The van der Waals surface area contributed by atoms with Crippen molar-refractivity contribution in [3.8, 4) is 5.75 Å². The Morgan fingerprint density at radius 1 is 1.45 bits per heavy atom. The van der Waals surface area contributed by atoms with E-state index in [-0.39, 0.29) is 23.7 Å². The average molecular weight is 398 g/mol. The highest BCUT2D eigenvalue weighted by molar-refractivity contribution is 5.94. The minimum atomic E-state index is -0.396. The first kappa shape index (κ1) is 21.3. The molecule has 1 aromatic carbocycles. The molecule has 1 aromatic rings. The summed E-state index contributed by atoms with van der Waals surface area (Å²) in [6.07, 6.45) is 6.23. The van der Waals surface area contributed by atoms with E-state index < -0.39 is 5.60 Å². The maximum atomic E-state index is 12.5. The molecular formula is C24H31NO4. The van der Waals surface area contributed by atoms with E-state index in [4.69, 9.17) is 9.47 Å². The van der Waals surface area contributed by atoms with Gasteiger partial charge in [0.05, 0.1) is 12.2 Å². The summed E-state index contributed by atoms with van der Waals surface area (Å²) >= 11 is 0. The van der Waals surface area contributed by atoms with Crippen molar-refractivity contribution in [2.45, 2.75) is 45.1 Å². The number of ketones is 1. The van der Waals surface area contributed by atoms with Crippen LogP contribution in [0.2, 0.25) is 0 Å². The third-order valence-corrected chi connectivity index (χ3v) is 6.15. The van der Waals surface area contributed by atoms with Crippen LogP contribution in [-0.4, -0.2) is 43.1 Å². The van der Waals surface area contributed by atoms with Gasteiger partial charge in [-0.3, -0.25) is 4.79 Å². The van der Waals surface area contributed by atoms with Gasteiger partial charge in [0, 0.05) is 20.0 Å². The van der Waals surface area contributed by atoms with Crippen LogP contribution < -0.4 is 4.74 Å². The minimum absolute atomic E-state index is 0.0635. The van der Waals surface area contributed by atoms with Gasteiger partial charge in [0.15, 0.2) is 5.78 Å². The van der Waals surface area contributed by atoms with Gasteiger partial charge in [0.1, 0.15) is 5.75 Å². The standard InChI is InChI=1S/C24H31NO4/c1-6-7-19-15-24(20(10-11-28-24)14-21(19)26)17(3)12-18-9-8-16(2)22(13-18)29-23(27)25(4)5/h6,8-9,13-14,17,19H,1,7,10-12,15H2,2-5H3/t17-,19-,24+/m0/s1. The van der Waals surface area contributed by atoms with E-state index in [1.54, 1.807) is 14.1 Å². The van der Waals surface area contributed by atoms with E-state index in [1.807, 2.05) is 31.2 Å². The molecule has 156 valence electrons. The van der Waals surface area contributed by atoms with Crippen molar-refractivity contribution in [3.63, 3.8) is 0 Å². The molecular weight excluding hydrogens is 366 g/mol. The van der Waals surface area contributed by atoms with E-state index >= 15 is 0 Å². The molecule has 5 heteroatoms. The Labute approximate surface area is 173 Å². The van der Waals surface area contributed by atoms with Crippen molar-refractivity contribution >= 4 is 11.9 Å². The maximum Gasteiger partial charge on any atom is 0.414 e. The van der Waals surface area contributed by atoms with E-state index in [2.05, 4.69) is 19.6 Å². The van der Waals surface area contributed by atoms with Gasteiger partial charge in [-0.05, 0) is 67.4 Å². The third-order valence-electron chi connectivity index (χ3n) is 6.15. The van der Waals surface area contributed by atoms with Crippen LogP contribution in [0.1, 0.15) is 37.3 Å². The minimum Gasteiger partial charge on any atom is -0.410 e. The summed E-state index contributed by atoms with van der Waals surface area (Å²) in [7, 11) is 3.33. The first-order valence-electron chi connectivity index (χ1n) is 10.2. The second-order valence-corrected chi connectivity index (χ2v) is 8.45. The molecule has 0 spiro atoms. The molecule has 0 aromatic heterocycles. The molecule has 1 fully saturated rings. The molecule has 0 saturated carbocycles. The van der Waals surface area contributed by atoms with Crippen molar-refractivity contribution in [3.05, 3.63) is 53.6 Å².